The van der Waals surface area contributed by atoms with Crippen LogP contribution in [0.2, 0.25) is 0 Å². The lowest BCUT2D eigenvalue weighted by Crippen LogP contribution is -2.26. The van der Waals surface area contributed by atoms with Gasteiger partial charge in [-0.1, -0.05) is 74.0 Å². The minimum atomic E-state index is -0.752. The molecule has 2 N–H and O–H groups in total. The molecule has 0 bridgehead atoms. The first-order valence-corrected chi connectivity index (χ1v) is 16.0. The van der Waals surface area contributed by atoms with Crippen molar-refractivity contribution in [3.63, 3.8) is 0 Å². The van der Waals surface area contributed by atoms with E-state index < -0.39 is 17.8 Å². The minimum Gasteiger partial charge on any atom is -0.480 e. The van der Waals surface area contributed by atoms with Crippen LogP contribution in [-0.4, -0.2) is 22.2 Å². The molecular weight excluding hydrogens is 622 g/mol. The number of hydrogen-bond acceptors (Lipinski definition) is 9. The Bertz CT molecular complexity index is 1910. The Morgan fingerprint density at radius 1 is 1.21 bits per heavy atom. The predicted molar refractivity (Wildman–Crippen MR) is 173 cm³/mol. The number of thiazole rings is 1. The number of anilines is 1. The molecule has 4 aromatic rings. The van der Waals surface area contributed by atoms with Crippen LogP contribution in [-0.2, 0) is 21.3 Å². The predicted octanol–water partition coefficient (Wildman–Crippen LogP) is 8.93. The van der Waals surface area contributed by atoms with Gasteiger partial charge in [-0.3, -0.25) is 4.57 Å². The summed E-state index contributed by atoms with van der Waals surface area (Å²) in [6, 6.07) is 21.1. The molecular formula is C32H26ClN3O4S3. The fraction of sp³-hybridized carbons (Fsp3) is 0.219. The number of allylic oxidation sites excluding steroid dienone is 2. The number of halogens is 1. The summed E-state index contributed by atoms with van der Waals surface area (Å²) in [4.78, 5) is 15.6. The number of nitrogens with one attached hydrogen (secondary N) is 1. The highest BCUT2D eigenvalue weighted by Crippen LogP contribution is 2.55. The smallest absolute Gasteiger partial charge is 0.341 e. The molecule has 0 radical (unpaired) electrons. The molecule has 2 aliphatic rings. The molecule has 11 heteroatoms. The Hall–Kier alpha value is -3.88. The van der Waals surface area contributed by atoms with Crippen molar-refractivity contribution in [1.82, 2.24) is 4.57 Å². The molecule has 0 saturated heterocycles. The van der Waals surface area contributed by atoms with Crippen molar-refractivity contribution >= 4 is 57.5 Å². The van der Waals surface area contributed by atoms with Crippen LogP contribution in [0.1, 0.15) is 53.2 Å². The number of aromatic nitrogens is 1. The number of hydrogen-bond donors (Lipinski definition) is 2. The number of aliphatic hydroxyl groups is 1. The fourth-order valence-electron chi connectivity index (χ4n) is 5.55. The third-order valence-corrected chi connectivity index (χ3v) is 10.7. The Kier molecular flexibility index (Phi) is 7.69. The monoisotopic (exact) mass is 647 g/mol. The van der Waals surface area contributed by atoms with Gasteiger partial charge in [0.2, 0.25) is 5.88 Å². The molecule has 6 rings (SSSR count). The Labute approximate surface area is 266 Å². The van der Waals surface area contributed by atoms with E-state index in [0.29, 0.717) is 26.5 Å². The third-order valence-electron chi connectivity index (χ3n) is 7.43. The van der Waals surface area contributed by atoms with E-state index in [1.807, 2.05) is 66.7 Å². The molecule has 7 nitrogen and oxygen atoms in total. The average Bonchev–Trinajstić information content (AvgIpc) is 3.53. The van der Waals surface area contributed by atoms with Crippen LogP contribution in [0.4, 0.5) is 5.00 Å². The van der Waals surface area contributed by atoms with Gasteiger partial charge in [-0.15, -0.1) is 22.7 Å². The molecule has 0 spiro atoms. The van der Waals surface area contributed by atoms with Crippen LogP contribution >= 0.6 is 46.5 Å². The van der Waals surface area contributed by atoms with Gasteiger partial charge >= 0.3 is 5.97 Å². The Morgan fingerprint density at radius 2 is 1.88 bits per heavy atom. The van der Waals surface area contributed by atoms with Gasteiger partial charge in [0.1, 0.15) is 22.2 Å². The number of nitriles is 1. The molecule has 43 heavy (non-hydrogen) atoms. The lowest BCUT2D eigenvalue weighted by Gasteiger charge is -2.30. The molecule has 1 aliphatic heterocycles. The molecule has 3 heterocycles. The first-order chi connectivity index (χ1) is 20.7. The molecule has 0 saturated carbocycles. The van der Waals surface area contributed by atoms with Crippen LogP contribution in [0.15, 0.2) is 83.1 Å². The summed E-state index contributed by atoms with van der Waals surface area (Å²) in [5.41, 5.74) is 3.45. The normalized spacial score (nSPS) is 17.0. The summed E-state index contributed by atoms with van der Waals surface area (Å²) in [6.07, 6.45) is 0.699. The second kappa shape index (κ2) is 11.3. The first-order valence-electron chi connectivity index (χ1n) is 13.5. The van der Waals surface area contributed by atoms with Gasteiger partial charge in [0.25, 0.3) is 5.95 Å². The van der Waals surface area contributed by atoms with Gasteiger partial charge in [0.05, 0.1) is 22.4 Å². The topological polar surface area (TPSA) is 96.5 Å². The van der Waals surface area contributed by atoms with Gasteiger partial charge in [0.15, 0.2) is 3.95 Å². The summed E-state index contributed by atoms with van der Waals surface area (Å²) < 4.78 is 14.0. The number of rotatable bonds is 6. The highest BCUT2D eigenvalue weighted by molar-refractivity contribution is 7.73. The van der Waals surface area contributed by atoms with Crippen molar-refractivity contribution in [2.75, 3.05) is 11.9 Å². The summed E-state index contributed by atoms with van der Waals surface area (Å²) in [5.74, 6) is -1.77. The number of fused-ring (bicyclic) bond motifs is 3. The number of esters is 1. The number of thiophene rings is 1. The van der Waals surface area contributed by atoms with Crippen LogP contribution in [0.25, 0.3) is 16.1 Å². The van der Waals surface area contributed by atoms with Crippen molar-refractivity contribution in [2.24, 2.45) is 0 Å². The van der Waals surface area contributed by atoms with Crippen molar-refractivity contribution in [3.05, 3.63) is 109 Å². The zero-order valence-electron chi connectivity index (χ0n) is 23.4. The van der Waals surface area contributed by atoms with E-state index in [2.05, 4.69) is 23.7 Å². The third kappa shape index (κ3) is 4.96. The maximum absolute atomic E-state index is 13.7. The SMILES string of the molecule is CCOC(=O)c1c(NC2=C(Cl)C(c3ccccc3)C(C#N)=C(O)O2)sc2c1-c1sc(=S)n(-c3ccccc3)c1CC2(C)C. The maximum atomic E-state index is 13.7. The van der Waals surface area contributed by atoms with Crippen LogP contribution in [0, 0.1) is 15.3 Å². The Balaban J connectivity index is 1.54. The highest BCUT2D eigenvalue weighted by atomic mass is 35.5. The molecule has 1 atom stereocenters. The van der Waals surface area contributed by atoms with Crippen molar-refractivity contribution in [1.29, 1.82) is 5.26 Å². The number of ether oxygens (including phenoxy) is 2. The van der Waals surface area contributed by atoms with Gasteiger partial charge in [-0.2, -0.15) is 5.26 Å². The number of carbonyl (C=O) groups excluding carboxylic acids is 1. The molecule has 2 aromatic carbocycles. The van der Waals surface area contributed by atoms with E-state index in [1.54, 1.807) is 6.92 Å². The van der Waals surface area contributed by atoms with E-state index in [4.69, 9.17) is 33.3 Å². The van der Waals surface area contributed by atoms with Gasteiger partial charge in [-0.05, 0) is 43.3 Å². The summed E-state index contributed by atoms with van der Waals surface area (Å²) in [5, 5.41) is 24.4. The molecule has 1 unspecified atom stereocenters. The van der Waals surface area contributed by atoms with E-state index in [9.17, 15) is 15.2 Å². The minimum absolute atomic E-state index is 0.00866. The van der Waals surface area contributed by atoms with E-state index in [1.165, 1.54) is 22.7 Å². The fourth-order valence-corrected chi connectivity index (χ4v) is 8.76. The van der Waals surface area contributed by atoms with Crippen LogP contribution in [0.5, 0.6) is 0 Å². The quantitative estimate of drug-likeness (QED) is 0.159. The number of benzene rings is 2. The largest absolute Gasteiger partial charge is 0.480 e. The van der Waals surface area contributed by atoms with Crippen LogP contribution in [0.3, 0.4) is 0 Å². The number of nitrogens with zero attached hydrogens (tertiary/aromatic N) is 2. The second-order valence-electron chi connectivity index (χ2n) is 10.7. The van der Waals surface area contributed by atoms with Gasteiger partial charge in [0, 0.05) is 27.2 Å². The summed E-state index contributed by atoms with van der Waals surface area (Å²) in [6.45, 7) is 6.23. The summed E-state index contributed by atoms with van der Waals surface area (Å²) >= 11 is 15.6. The lowest BCUT2D eigenvalue weighted by molar-refractivity contribution is 0.0529. The maximum Gasteiger partial charge on any atom is 0.341 e. The van der Waals surface area contributed by atoms with Crippen molar-refractivity contribution in [2.45, 2.75) is 38.5 Å². The number of aliphatic hydroxyl groups excluding tert-OH is 1. The molecule has 0 amide bonds. The zero-order valence-corrected chi connectivity index (χ0v) is 26.6. The highest BCUT2D eigenvalue weighted by Gasteiger charge is 2.42. The van der Waals surface area contributed by atoms with Crippen LogP contribution < -0.4 is 5.32 Å². The second-order valence-corrected chi connectivity index (χ2v) is 13.8. The van der Waals surface area contributed by atoms with E-state index >= 15 is 0 Å². The van der Waals surface area contributed by atoms with E-state index in [-0.39, 0.29) is 28.5 Å². The molecule has 0 fully saturated rings. The van der Waals surface area contributed by atoms with Crippen molar-refractivity contribution in [3.8, 4) is 22.2 Å². The molecule has 1 aliphatic carbocycles. The molecule has 218 valence electrons. The lowest BCUT2D eigenvalue weighted by atomic mass is 9.78. The molecule has 2 aromatic heterocycles. The number of carbonyl (C=O) groups is 1. The van der Waals surface area contributed by atoms with Gasteiger partial charge < -0.3 is 19.9 Å². The first kappa shape index (κ1) is 29.2. The number of para-hydroxylation sites is 1. The van der Waals surface area contributed by atoms with Gasteiger partial charge in [-0.25, -0.2) is 4.79 Å². The van der Waals surface area contributed by atoms with E-state index in [0.717, 1.165) is 26.7 Å². The zero-order chi connectivity index (χ0) is 30.5. The average molecular weight is 648 g/mol. The standard InChI is InChI=1S/C32H26ClN3O4S3/c1-4-39-30(38)23-22-25-20(36(31(41)42-25)18-13-9-6-10-14-18)15-32(2,3)26(22)43-28(23)35-27-24(33)21(17-11-7-5-8-12-17)19(16-34)29(37)40-27/h5-14,21,35,37H,4,15H2,1-3H3. The van der Waals surface area contributed by atoms with Crippen molar-refractivity contribution < 1.29 is 19.4 Å². The summed E-state index contributed by atoms with van der Waals surface area (Å²) in [7, 11) is 0. The Morgan fingerprint density at radius 3 is 2.53 bits per heavy atom.